The highest BCUT2D eigenvalue weighted by atomic mass is 35.5. The van der Waals surface area contributed by atoms with E-state index in [-0.39, 0.29) is 24.4 Å². The Hall–Kier alpha value is -0.910. The molecule has 0 aliphatic carbocycles. The minimum absolute atomic E-state index is 0. The molecule has 0 aliphatic heterocycles. The number of benzene rings is 1. The number of rotatable bonds is 5. The van der Waals surface area contributed by atoms with Crippen molar-refractivity contribution in [2.45, 2.75) is 17.9 Å². The first-order chi connectivity index (χ1) is 8.47. The van der Waals surface area contributed by atoms with Gasteiger partial charge in [0, 0.05) is 29.0 Å². The highest BCUT2D eigenvalue weighted by Gasteiger charge is 2.16. The van der Waals surface area contributed by atoms with Gasteiger partial charge in [0.25, 0.3) is 0 Å². The van der Waals surface area contributed by atoms with Crippen molar-refractivity contribution >= 4 is 29.1 Å². The van der Waals surface area contributed by atoms with E-state index in [0.717, 1.165) is 10.5 Å². The molecule has 1 aromatic carbocycles. The summed E-state index contributed by atoms with van der Waals surface area (Å²) >= 11 is 0. The van der Waals surface area contributed by atoms with Crippen LogP contribution in [0.5, 0.6) is 0 Å². The van der Waals surface area contributed by atoms with Gasteiger partial charge >= 0.3 is 0 Å². The van der Waals surface area contributed by atoms with E-state index in [2.05, 4.69) is 5.32 Å². The molecule has 0 aromatic heterocycles. The van der Waals surface area contributed by atoms with Crippen LogP contribution < -0.4 is 5.32 Å². The summed E-state index contributed by atoms with van der Waals surface area (Å²) in [6.45, 7) is 2.31. The molecule has 0 spiro atoms. The van der Waals surface area contributed by atoms with Gasteiger partial charge in [0.1, 0.15) is 0 Å². The van der Waals surface area contributed by atoms with Gasteiger partial charge in [-0.15, -0.1) is 12.4 Å². The van der Waals surface area contributed by atoms with E-state index in [9.17, 15) is 9.00 Å². The van der Waals surface area contributed by atoms with Crippen LogP contribution in [0.4, 0.5) is 0 Å². The van der Waals surface area contributed by atoms with E-state index in [1.54, 1.807) is 25.3 Å². The zero-order valence-electron chi connectivity index (χ0n) is 11.7. The monoisotopic (exact) mass is 304 g/mol. The molecule has 0 saturated heterocycles. The Morgan fingerprint density at radius 2 is 1.89 bits per heavy atom. The van der Waals surface area contributed by atoms with Crippen molar-refractivity contribution in [3.8, 4) is 0 Å². The van der Waals surface area contributed by atoms with Crippen LogP contribution in [0.2, 0.25) is 0 Å². The lowest BCUT2D eigenvalue weighted by molar-refractivity contribution is -0.130. The lowest BCUT2D eigenvalue weighted by Gasteiger charge is -2.25. The van der Waals surface area contributed by atoms with Crippen LogP contribution in [0, 0.1) is 0 Å². The fourth-order valence-electron chi connectivity index (χ4n) is 1.65. The number of nitrogens with zero attached hydrogens (tertiary/aromatic N) is 1. The molecule has 0 heterocycles. The summed E-state index contributed by atoms with van der Waals surface area (Å²) in [5.74, 6) is 0.0492. The zero-order valence-corrected chi connectivity index (χ0v) is 13.3. The van der Waals surface area contributed by atoms with Gasteiger partial charge in [0.2, 0.25) is 5.91 Å². The summed E-state index contributed by atoms with van der Waals surface area (Å²) in [5, 5.41) is 2.85. The minimum atomic E-state index is -0.964. The van der Waals surface area contributed by atoms with Gasteiger partial charge in [0.05, 0.1) is 12.6 Å². The van der Waals surface area contributed by atoms with Crippen LogP contribution in [0.25, 0.3) is 0 Å². The van der Waals surface area contributed by atoms with Crippen LogP contribution in [0.15, 0.2) is 29.2 Å². The summed E-state index contributed by atoms with van der Waals surface area (Å²) in [6.07, 6.45) is 1.65. The molecule has 19 heavy (non-hydrogen) atoms. The van der Waals surface area contributed by atoms with Gasteiger partial charge in [-0.25, -0.2) is 0 Å². The maximum Gasteiger partial charge on any atom is 0.236 e. The zero-order chi connectivity index (χ0) is 13.7. The lowest BCUT2D eigenvalue weighted by Crippen LogP contribution is -2.35. The van der Waals surface area contributed by atoms with Crippen LogP contribution in [0.3, 0.4) is 0 Å². The number of carbonyl (C=O) groups is 1. The SMILES string of the molecule is CNCC(=O)N(C)C(C)c1ccc(S(C)=O)cc1.Cl. The van der Waals surface area contributed by atoms with Gasteiger partial charge in [-0.3, -0.25) is 9.00 Å². The van der Waals surface area contributed by atoms with Crippen LogP contribution in [-0.4, -0.2) is 41.9 Å². The Bertz CT molecular complexity index is 437. The Labute approximate surface area is 123 Å². The molecule has 0 fully saturated rings. The Morgan fingerprint density at radius 3 is 2.32 bits per heavy atom. The molecular weight excluding hydrogens is 284 g/mol. The second kappa shape index (κ2) is 8.30. The summed E-state index contributed by atoms with van der Waals surface area (Å²) in [7, 11) is 2.58. The second-order valence-electron chi connectivity index (χ2n) is 4.23. The number of nitrogens with one attached hydrogen (secondary N) is 1. The molecule has 1 aromatic rings. The second-order valence-corrected chi connectivity index (χ2v) is 5.61. The van der Waals surface area contributed by atoms with E-state index in [0.29, 0.717) is 6.54 Å². The first-order valence-electron chi connectivity index (χ1n) is 5.81. The first kappa shape index (κ1) is 18.1. The van der Waals surface area contributed by atoms with Gasteiger partial charge in [-0.05, 0) is 31.7 Å². The number of amides is 1. The molecule has 1 amide bonds. The van der Waals surface area contributed by atoms with Gasteiger partial charge in [0.15, 0.2) is 0 Å². The standard InChI is InChI=1S/C13H20N2O2S.ClH/c1-10(15(3)13(16)9-14-2)11-5-7-12(8-6-11)18(4)17;/h5-8,10,14H,9H2,1-4H3;1H. The predicted octanol–water partition coefficient (Wildman–Crippen LogP) is 1.58. The van der Waals surface area contributed by atoms with Gasteiger partial charge < -0.3 is 10.2 Å². The molecule has 0 aliphatic rings. The fraction of sp³-hybridized carbons (Fsp3) is 0.462. The molecule has 2 atom stereocenters. The third-order valence-corrected chi connectivity index (χ3v) is 3.93. The third-order valence-electron chi connectivity index (χ3n) is 3.00. The predicted molar refractivity (Wildman–Crippen MR) is 81.1 cm³/mol. The maximum atomic E-state index is 11.7. The van der Waals surface area contributed by atoms with E-state index in [1.165, 1.54) is 0 Å². The van der Waals surface area contributed by atoms with E-state index >= 15 is 0 Å². The number of likely N-dealkylation sites (N-methyl/N-ethyl adjacent to an activating group) is 2. The minimum Gasteiger partial charge on any atom is -0.338 e. The normalized spacial score (nSPS) is 13.3. The first-order valence-corrected chi connectivity index (χ1v) is 7.36. The molecule has 0 bridgehead atoms. The van der Waals surface area contributed by atoms with Crippen molar-refractivity contribution in [2.75, 3.05) is 26.9 Å². The summed E-state index contributed by atoms with van der Waals surface area (Å²) < 4.78 is 11.3. The Kier molecular flexibility index (Phi) is 7.90. The smallest absolute Gasteiger partial charge is 0.236 e. The number of halogens is 1. The number of carbonyl (C=O) groups excluding carboxylic acids is 1. The molecule has 2 unspecified atom stereocenters. The summed E-state index contributed by atoms with van der Waals surface area (Å²) in [5.41, 5.74) is 1.04. The molecule has 0 radical (unpaired) electrons. The van der Waals surface area contributed by atoms with Crippen LogP contribution >= 0.6 is 12.4 Å². The Balaban J connectivity index is 0.00000324. The molecule has 6 heteroatoms. The highest BCUT2D eigenvalue weighted by molar-refractivity contribution is 7.84. The van der Waals surface area contributed by atoms with Crippen molar-refractivity contribution in [3.63, 3.8) is 0 Å². The maximum absolute atomic E-state index is 11.7. The molecule has 108 valence electrons. The highest BCUT2D eigenvalue weighted by Crippen LogP contribution is 2.19. The van der Waals surface area contributed by atoms with Crippen molar-refractivity contribution in [1.29, 1.82) is 0 Å². The summed E-state index contributed by atoms with van der Waals surface area (Å²) in [6, 6.07) is 7.54. The van der Waals surface area contributed by atoms with Crippen molar-refractivity contribution in [3.05, 3.63) is 29.8 Å². The van der Waals surface area contributed by atoms with Gasteiger partial charge in [-0.1, -0.05) is 12.1 Å². The van der Waals surface area contributed by atoms with Crippen molar-refractivity contribution in [2.24, 2.45) is 0 Å². The third kappa shape index (κ3) is 4.93. The fourth-order valence-corrected chi connectivity index (χ4v) is 2.17. The van der Waals surface area contributed by atoms with Crippen molar-refractivity contribution < 1.29 is 9.00 Å². The van der Waals surface area contributed by atoms with E-state index in [4.69, 9.17) is 0 Å². The van der Waals surface area contributed by atoms with Crippen LogP contribution in [0.1, 0.15) is 18.5 Å². The molecule has 1 N–H and O–H groups in total. The summed E-state index contributed by atoms with van der Waals surface area (Å²) in [4.78, 5) is 14.3. The molecule has 0 saturated carbocycles. The topological polar surface area (TPSA) is 49.4 Å². The van der Waals surface area contributed by atoms with E-state index in [1.807, 2.05) is 31.2 Å². The lowest BCUT2D eigenvalue weighted by atomic mass is 10.1. The van der Waals surface area contributed by atoms with Crippen LogP contribution in [-0.2, 0) is 15.6 Å². The average Bonchev–Trinajstić information content (AvgIpc) is 2.37. The van der Waals surface area contributed by atoms with Gasteiger partial charge in [-0.2, -0.15) is 0 Å². The quantitative estimate of drug-likeness (QED) is 0.898. The average molecular weight is 305 g/mol. The molecular formula is C13H21ClN2O2S. The van der Waals surface area contributed by atoms with Crippen molar-refractivity contribution in [1.82, 2.24) is 10.2 Å². The number of hydrogen-bond donors (Lipinski definition) is 1. The Morgan fingerprint density at radius 1 is 1.37 bits per heavy atom. The largest absolute Gasteiger partial charge is 0.338 e. The molecule has 1 rings (SSSR count). The number of hydrogen-bond acceptors (Lipinski definition) is 3. The van der Waals surface area contributed by atoms with E-state index < -0.39 is 10.8 Å². The molecule has 4 nitrogen and oxygen atoms in total.